The second-order valence-corrected chi connectivity index (χ2v) is 10.5. The summed E-state index contributed by atoms with van der Waals surface area (Å²) >= 11 is 3.16. The van der Waals surface area contributed by atoms with Gasteiger partial charge in [-0.3, -0.25) is 9.36 Å². The summed E-state index contributed by atoms with van der Waals surface area (Å²) in [6, 6.07) is 24.5. The predicted octanol–water partition coefficient (Wildman–Crippen LogP) is 5.05. The van der Waals surface area contributed by atoms with Crippen LogP contribution in [0.5, 0.6) is 5.75 Å². The topological polar surface area (TPSA) is 43.6 Å². The summed E-state index contributed by atoms with van der Waals surface area (Å²) in [5, 5.41) is 0. The van der Waals surface area contributed by atoms with E-state index in [0.717, 1.165) is 40.2 Å². The second-order valence-electron chi connectivity index (χ2n) is 8.63. The van der Waals surface area contributed by atoms with Gasteiger partial charge in [0, 0.05) is 16.0 Å². The van der Waals surface area contributed by atoms with Gasteiger partial charge in [0.1, 0.15) is 5.75 Å². The molecule has 2 aliphatic rings. The number of rotatable bonds is 4. The highest BCUT2D eigenvalue weighted by Gasteiger charge is 2.33. The minimum Gasteiger partial charge on any atom is -0.496 e. The van der Waals surface area contributed by atoms with E-state index < -0.39 is 0 Å². The highest BCUT2D eigenvalue weighted by Crippen LogP contribution is 2.43. The van der Waals surface area contributed by atoms with Crippen molar-refractivity contribution in [2.24, 2.45) is 4.99 Å². The average molecular weight is 497 g/mol. The molecule has 1 atom stereocenters. The normalized spacial score (nSPS) is 16.9. The minimum absolute atomic E-state index is 0.0102. The van der Waals surface area contributed by atoms with E-state index in [0.29, 0.717) is 4.53 Å². The van der Waals surface area contributed by atoms with Gasteiger partial charge in [0.25, 0.3) is 5.56 Å². The van der Waals surface area contributed by atoms with Crippen LogP contribution in [0.3, 0.4) is 0 Å². The molecule has 0 amide bonds. The molecule has 6 rings (SSSR count). The monoisotopic (exact) mass is 496 g/mol. The SMILES string of the molecule is COc1ccccc1C1C2=C(N=c3sc(=Cc4ccc(SC)cc4)c(=O)n31)c1ccccc1CC2. The number of allylic oxidation sites excluding steroid dienone is 1. The Balaban J connectivity index is 1.61. The Hall–Kier alpha value is -3.35. The molecule has 0 saturated carbocycles. The Bertz CT molecular complexity index is 1650. The van der Waals surface area contributed by atoms with Crippen molar-refractivity contribution in [2.45, 2.75) is 23.8 Å². The first-order valence-electron chi connectivity index (χ1n) is 11.6. The maximum absolute atomic E-state index is 13.9. The van der Waals surface area contributed by atoms with Gasteiger partial charge < -0.3 is 4.74 Å². The molecule has 0 fully saturated rings. The molecule has 1 aliphatic heterocycles. The number of thioether (sulfide) groups is 1. The fourth-order valence-electron chi connectivity index (χ4n) is 5.04. The number of ether oxygens (including phenoxy) is 1. The number of benzene rings is 3. The van der Waals surface area contributed by atoms with Crippen molar-refractivity contribution in [3.8, 4) is 5.75 Å². The molecule has 174 valence electrons. The number of aryl methyl sites for hydroxylation is 1. The van der Waals surface area contributed by atoms with Gasteiger partial charge in [-0.25, -0.2) is 4.99 Å². The third-order valence-corrected chi connectivity index (χ3v) is 8.45. The molecule has 3 aromatic carbocycles. The second kappa shape index (κ2) is 9.02. The van der Waals surface area contributed by atoms with E-state index in [-0.39, 0.29) is 11.6 Å². The maximum atomic E-state index is 13.9. The molecule has 0 radical (unpaired) electrons. The van der Waals surface area contributed by atoms with Gasteiger partial charge in [-0.15, -0.1) is 11.8 Å². The van der Waals surface area contributed by atoms with E-state index in [1.54, 1.807) is 18.9 Å². The van der Waals surface area contributed by atoms with Gasteiger partial charge in [-0.1, -0.05) is 65.9 Å². The first-order valence-corrected chi connectivity index (χ1v) is 13.6. The lowest BCUT2D eigenvalue weighted by molar-refractivity contribution is 0.402. The van der Waals surface area contributed by atoms with Crippen molar-refractivity contribution < 1.29 is 4.74 Å². The number of nitrogens with zero attached hydrogens (tertiary/aromatic N) is 2. The number of fused-ring (bicyclic) bond motifs is 3. The van der Waals surface area contributed by atoms with Gasteiger partial charge in [0.05, 0.1) is 23.4 Å². The molecule has 0 spiro atoms. The summed E-state index contributed by atoms with van der Waals surface area (Å²) in [4.78, 5) is 20.9. The van der Waals surface area contributed by atoms with Crippen molar-refractivity contribution in [1.29, 1.82) is 0 Å². The van der Waals surface area contributed by atoms with E-state index in [1.165, 1.54) is 32.9 Å². The van der Waals surface area contributed by atoms with Gasteiger partial charge in [0.15, 0.2) is 4.80 Å². The molecule has 35 heavy (non-hydrogen) atoms. The van der Waals surface area contributed by atoms with Crippen LogP contribution in [0.4, 0.5) is 0 Å². The van der Waals surface area contributed by atoms with Crippen molar-refractivity contribution in [3.63, 3.8) is 0 Å². The zero-order chi connectivity index (χ0) is 23.9. The van der Waals surface area contributed by atoms with E-state index in [1.807, 2.05) is 28.8 Å². The van der Waals surface area contributed by atoms with Crippen LogP contribution >= 0.6 is 23.1 Å². The third-order valence-electron chi connectivity index (χ3n) is 6.72. The molecule has 0 N–H and O–H groups in total. The zero-order valence-electron chi connectivity index (χ0n) is 19.5. The Morgan fingerprint density at radius 2 is 1.80 bits per heavy atom. The van der Waals surface area contributed by atoms with Crippen LogP contribution in [-0.4, -0.2) is 17.9 Å². The average Bonchev–Trinajstić information content (AvgIpc) is 3.22. The fraction of sp³-hybridized carbons (Fsp3) is 0.172. The molecule has 4 nitrogen and oxygen atoms in total. The van der Waals surface area contributed by atoms with Crippen molar-refractivity contribution in [3.05, 3.63) is 120 Å². The molecule has 1 unspecified atom stereocenters. The largest absolute Gasteiger partial charge is 0.496 e. The molecule has 1 aliphatic carbocycles. The molecule has 1 aromatic heterocycles. The van der Waals surface area contributed by atoms with Crippen molar-refractivity contribution >= 4 is 34.9 Å². The Kier molecular flexibility index (Phi) is 5.71. The number of thiazole rings is 1. The van der Waals surface area contributed by atoms with Crippen molar-refractivity contribution in [2.75, 3.05) is 13.4 Å². The molecule has 0 bridgehead atoms. The molecule has 6 heteroatoms. The zero-order valence-corrected chi connectivity index (χ0v) is 21.2. The lowest BCUT2D eigenvalue weighted by Crippen LogP contribution is -2.38. The smallest absolute Gasteiger partial charge is 0.271 e. The van der Waals surface area contributed by atoms with Crippen LogP contribution in [0.2, 0.25) is 0 Å². The maximum Gasteiger partial charge on any atom is 0.271 e. The number of methoxy groups -OCH3 is 1. The quantitative estimate of drug-likeness (QED) is 0.372. The first kappa shape index (κ1) is 22.1. The fourth-order valence-corrected chi connectivity index (χ4v) is 6.45. The van der Waals surface area contributed by atoms with E-state index in [4.69, 9.17) is 9.73 Å². The van der Waals surface area contributed by atoms with Gasteiger partial charge in [-0.2, -0.15) is 0 Å². The first-order chi connectivity index (χ1) is 17.2. The summed E-state index contributed by atoms with van der Waals surface area (Å²) in [7, 11) is 1.69. The van der Waals surface area contributed by atoms with Gasteiger partial charge in [-0.05, 0) is 60.1 Å². The number of hydrogen-bond acceptors (Lipinski definition) is 5. The number of hydrogen-bond donors (Lipinski definition) is 0. The number of para-hydroxylation sites is 1. The molecule has 0 saturated heterocycles. The molecular weight excluding hydrogens is 472 g/mol. The summed E-state index contributed by atoms with van der Waals surface area (Å²) in [5.41, 5.74) is 6.64. The number of aromatic nitrogens is 1. The molecular formula is C29H24N2O2S2. The van der Waals surface area contributed by atoms with Crippen LogP contribution in [0, 0.1) is 0 Å². The van der Waals surface area contributed by atoms with E-state index in [2.05, 4.69) is 60.9 Å². The highest BCUT2D eigenvalue weighted by atomic mass is 32.2. The Morgan fingerprint density at radius 1 is 1.03 bits per heavy atom. The van der Waals surface area contributed by atoms with Crippen LogP contribution in [0.1, 0.15) is 34.7 Å². The van der Waals surface area contributed by atoms with Gasteiger partial charge >= 0.3 is 0 Å². The van der Waals surface area contributed by atoms with Crippen LogP contribution < -0.4 is 19.6 Å². The Morgan fingerprint density at radius 3 is 2.60 bits per heavy atom. The Labute approximate surface area is 211 Å². The van der Waals surface area contributed by atoms with Gasteiger partial charge in [0.2, 0.25) is 0 Å². The molecule has 2 heterocycles. The summed E-state index contributed by atoms with van der Waals surface area (Å²) in [6.07, 6.45) is 5.83. The molecule has 4 aromatic rings. The van der Waals surface area contributed by atoms with E-state index in [9.17, 15) is 4.79 Å². The van der Waals surface area contributed by atoms with Crippen LogP contribution in [0.15, 0.2) is 93.1 Å². The van der Waals surface area contributed by atoms with Crippen LogP contribution in [-0.2, 0) is 6.42 Å². The minimum atomic E-state index is -0.244. The highest BCUT2D eigenvalue weighted by molar-refractivity contribution is 7.98. The van der Waals surface area contributed by atoms with Crippen LogP contribution in [0.25, 0.3) is 11.8 Å². The lowest BCUT2D eigenvalue weighted by atomic mass is 9.83. The van der Waals surface area contributed by atoms with E-state index >= 15 is 0 Å². The summed E-state index contributed by atoms with van der Waals surface area (Å²) in [5.74, 6) is 0.785. The summed E-state index contributed by atoms with van der Waals surface area (Å²) in [6.45, 7) is 0. The lowest BCUT2D eigenvalue weighted by Gasteiger charge is -2.31. The standard InChI is InChI=1S/C29H24N2O2S2/c1-33-24-10-6-5-9-22(24)27-23-16-13-19-7-3-4-8-21(19)26(23)30-29-31(27)28(32)25(35-29)17-18-11-14-20(34-2)15-12-18/h3-12,14-15,17,27H,13,16H2,1-2H3. The third kappa shape index (κ3) is 3.77. The summed E-state index contributed by atoms with van der Waals surface area (Å²) < 4.78 is 8.31. The van der Waals surface area contributed by atoms with Crippen molar-refractivity contribution in [1.82, 2.24) is 4.57 Å². The predicted molar refractivity (Wildman–Crippen MR) is 144 cm³/mol.